The molecule has 0 spiro atoms. The fourth-order valence-corrected chi connectivity index (χ4v) is 5.27. The summed E-state index contributed by atoms with van der Waals surface area (Å²) in [7, 11) is 0.410. The first-order valence-electron chi connectivity index (χ1n) is 3.73. The molecule has 0 aromatic rings. The Balaban J connectivity index is 4.70. The lowest BCUT2D eigenvalue weighted by Gasteiger charge is -2.15. The van der Waals surface area contributed by atoms with Crippen molar-refractivity contribution in [3.8, 4) is 0 Å². The van der Waals surface area contributed by atoms with Crippen molar-refractivity contribution in [3.05, 3.63) is 0 Å². The Morgan fingerprint density at radius 3 is 1.87 bits per heavy atom. The summed E-state index contributed by atoms with van der Waals surface area (Å²) in [6, 6.07) is 0. The van der Waals surface area contributed by atoms with Crippen LogP contribution in [0.5, 0.6) is 0 Å². The van der Waals surface area contributed by atoms with Gasteiger partial charge in [-0.2, -0.15) is 9.05 Å². The Morgan fingerprint density at radius 1 is 1.13 bits per heavy atom. The molecule has 0 fully saturated rings. The number of nitrogens with one attached hydrogen (secondary N) is 1. The van der Waals surface area contributed by atoms with Crippen LogP contribution < -0.4 is 15.9 Å². The van der Waals surface area contributed by atoms with Crippen LogP contribution in [-0.2, 0) is 18.1 Å². The van der Waals surface area contributed by atoms with Crippen molar-refractivity contribution in [2.24, 2.45) is 15.5 Å². The maximum atomic E-state index is 5.42. The summed E-state index contributed by atoms with van der Waals surface area (Å²) in [5, 5.41) is 0. The van der Waals surface area contributed by atoms with Gasteiger partial charge in [-0.1, -0.05) is 0 Å². The van der Waals surface area contributed by atoms with Crippen molar-refractivity contribution < 1.29 is 18.1 Å². The van der Waals surface area contributed by atoms with Gasteiger partial charge in [0.15, 0.2) is 4.52 Å². The Hall–Kier alpha value is 0.680. The molecule has 0 amide bonds. The molecular weight excluding hydrogens is 261 g/mol. The molecule has 0 aliphatic carbocycles. The summed E-state index contributed by atoms with van der Waals surface area (Å²) in [6.45, 7) is 0. The van der Waals surface area contributed by atoms with Gasteiger partial charge in [-0.05, 0) is 4.86 Å². The van der Waals surface area contributed by atoms with Gasteiger partial charge in [-0.15, -0.1) is 11.0 Å². The van der Waals surface area contributed by atoms with Crippen molar-refractivity contribution >= 4 is 24.6 Å². The number of nitrogens with zero attached hydrogens (tertiary/aromatic N) is 1. The largest absolute Gasteiger partial charge is 0.536 e. The lowest BCUT2D eigenvalue weighted by molar-refractivity contribution is 0.299. The molecule has 0 aromatic heterocycles. The van der Waals surface area contributed by atoms with Crippen LogP contribution in [0.15, 0.2) is 4.52 Å². The molecule has 11 heteroatoms. The molecule has 8 nitrogen and oxygen atoms in total. The molecule has 0 radical (unpaired) electrons. The predicted molar refractivity (Wildman–Crippen MR) is 62.7 cm³/mol. The average molecular weight is 278 g/mol. The molecule has 0 rings (SSSR count). The summed E-state index contributed by atoms with van der Waals surface area (Å²) in [4.78, 5) is 2.87. The van der Waals surface area contributed by atoms with Gasteiger partial charge < -0.3 is 9.05 Å². The van der Waals surface area contributed by atoms with E-state index in [2.05, 4.69) is 9.37 Å². The van der Waals surface area contributed by atoms with E-state index in [1.54, 1.807) is 0 Å². The average Bonchev–Trinajstić information content (AvgIpc) is 2.23. The van der Waals surface area contributed by atoms with Crippen LogP contribution in [0.2, 0.25) is 0 Å². The van der Waals surface area contributed by atoms with Crippen molar-refractivity contribution in [1.82, 2.24) is 4.86 Å². The normalized spacial score (nSPS) is 11.9. The SMILES string of the molecule is COP(N[P+](N=[P+](N)N)(OC)OC)OC. The van der Waals surface area contributed by atoms with Crippen LogP contribution in [0.1, 0.15) is 0 Å². The standard InChI is InChI=1S/C4H17N4O4P3/c1-9-14(10-2)8-15(11-3,12-4)7-13(5)6/h8H,1-4H3,(H4,5,6,7)/q+2. The smallest absolute Gasteiger partial charge is 0.323 e. The van der Waals surface area contributed by atoms with Crippen molar-refractivity contribution in [2.75, 3.05) is 28.4 Å². The molecule has 0 bridgehead atoms. The van der Waals surface area contributed by atoms with Gasteiger partial charge >= 0.3 is 16.0 Å². The van der Waals surface area contributed by atoms with Gasteiger partial charge in [0, 0.05) is 14.2 Å². The number of rotatable bonds is 7. The third-order valence-electron chi connectivity index (χ3n) is 1.26. The zero-order valence-electron chi connectivity index (χ0n) is 9.08. The quantitative estimate of drug-likeness (QED) is 0.604. The minimum atomic E-state index is -2.67. The van der Waals surface area contributed by atoms with E-state index in [1.807, 2.05) is 0 Å². The van der Waals surface area contributed by atoms with E-state index in [-0.39, 0.29) is 0 Å². The zero-order chi connectivity index (χ0) is 11.9. The first-order valence-corrected chi connectivity index (χ1v) is 7.91. The molecule has 0 heterocycles. The molecule has 15 heavy (non-hydrogen) atoms. The maximum absolute atomic E-state index is 5.42. The summed E-state index contributed by atoms with van der Waals surface area (Å²) >= 11 is 0. The second-order valence-electron chi connectivity index (χ2n) is 2.08. The molecule has 90 valence electrons. The first-order chi connectivity index (χ1) is 7.03. The molecular formula is C4H17N4O4P3+2. The Bertz CT molecular complexity index is 206. The van der Waals surface area contributed by atoms with Crippen LogP contribution in [0.25, 0.3) is 0 Å². The van der Waals surface area contributed by atoms with Crippen molar-refractivity contribution in [2.45, 2.75) is 0 Å². The summed E-state index contributed by atoms with van der Waals surface area (Å²) in [5.74, 6) is 0. The van der Waals surface area contributed by atoms with Gasteiger partial charge in [0.1, 0.15) is 0 Å². The summed E-state index contributed by atoms with van der Waals surface area (Å²) < 4.78 is 24.3. The Labute approximate surface area is 92.1 Å². The van der Waals surface area contributed by atoms with E-state index in [9.17, 15) is 0 Å². The van der Waals surface area contributed by atoms with Gasteiger partial charge in [-0.25, -0.2) is 0 Å². The van der Waals surface area contributed by atoms with Gasteiger partial charge in [0.25, 0.3) is 8.53 Å². The van der Waals surface area contributed by atoms with Crippen LogP contribution in [0, 0.1) is 0 Å². The highest BCUT2D eigenvalue weighted by molar-refractivity contribution is 7.75. The summed E-state index contributed by atoms with van der Waals surface area (Å²) in [6.07, 6.45) is 0. The third kappa shape index (κ3) is 5.52. The maximum Gasteiger partial charge on any atom is 0.536 e. The lowest BCUT2D eigenvalue weighted by atomic mass is 11.8. The van der Waals surface area contributed by atoms with Gasteiger partial charge in [-0.3, -0.25) is 0 Å². The van der Waals surface area contributed by atoms with Crippen LogP contribution in [-0.4, -0.2) is 28.4 Å². The monoisotopic (exact) mass is 278 g/mol. The fourth-order valence-electron chi connectivity index (χ4n) is 0.645. The van der Waals surface area contributed by atoms with E-state index < -0.39 is 24.6 Å². The predicted octanol–water partition coefficient (Wildman–Crippen LogP) is 1.48. The van der Waals surface area contributed by atoms with Gasteiger partial charge in [0.05, 0.1) is 14.2 Å². The molecule has 0 aliphatic rings. The number of hydrogen-bond acceptors (Lipinski definition) is 6. The second-order valence-corrected chi connectivity index (χ2v) is 7.37. The highest BCUT2D eigenvalue weighted by Crippen LogP contribution is 2.64. The molecule has 0 atom stereocenters. The zero-order valence-corrected chi connectivity index (χ0v) is 11.8. The minimum absolute atomic E-state index is 1.33. The van der Waals surface area contributed by atoms with Gasteiger partial charge in [0.2, 0.25) is 0 Å². The Kier molecular flexibility index (Phi) is 8.23. The van der Waals surface area contributed by atoms with Crippen LogP contribution >= 0.6 is 24.6 Å². The summed E-state index contributed by atoms with van der Waals surface area (Å²) in [5.41, 5.74) is 10.8. The minimum Gasteiger partial charge on any atom is -0.323 e. The lowest BCUT2D eigenvalue weighted by Crippen LogP contribution is -2.14. The first kappa shape index (κ1) is 15.7. The highest BCUT2D eigenvalue weighted by Gasteiger charge is 2.50. The second kappa shape index (κ2) is 7.87. The molecule has 0 aliphatic heterocycles. The Morgan fingerprint density at radius 2 is 1.60 bits per heavy atom. The van der Waals surface area contributed by atoms with Crippen molar-refractivity contribution in [1.29, 1.82) is 0 Å². The molecule has 0 saturated heterocycles. The highest BCUT2D eigenvalue weighted by atomic mass is 31.3. The fraction of sp³-hybridized carbons (Fsp3) is 1.00. The van der Waals surface area contributed by atoms with E-state index in [0.29, 0.717) is 0 Å². The van der Waals surface area contributed by atoms with E-state index in [4.69, 9.17) is 29.1 Å². The third-order valence-corrected chi connectivity index (χ3v) is 6.34. The van der Waals surface area contributed by atoms with Crippen LogP contribution in [0.3, 0.4) is 0 Å². The van der Waals surface area contributed by atoms with Crippen LogP contribution in [0.4, 0.5) is 0 Å². The van der Waals surface area contributed by atoms with E-state index in [0.717, 1.165) is 0 Å². The molecule has 0 unspecified atom stereocenters. The van der Waals surface area contributed by atoms with Crippen molar-refractivity contribution in [3.63, 3.8) is 0 Å². The molecule has 0 aromatic carbocycles. The number of nitrogens with two attached hydrogens (primary N) is 2. The number of hydrogen-bond donors (Lipinski definition) is 3. The van der Waals surface area contributed by atoms with E-state index in [1.165, 1.54) is 28.4 Å². The topological polar surface area (TPSA) is 113 Å². The van der Waals surface area contributed by atoms with E-state index >= 15 is 0 Å². The molecule has 5 N–H and O–H groups in total. The molecule has 0 saturated carbocycles.